The molecular formula is C14H13N3O2. The lowest BCUT2D eigenvalue weighted by atomic mass is 10.1. The van der Waals surface area contributed by atoms with Crippen molar-refractivity contribution in [3.63, 3.8) is 0 Å². The van der Waals surface area contributed by atoms with Gasteiger partial charge in [-0.25, -0.2) is 4.79 Å². The van der Waals surface area contributed by atoms with Crippen LogP contribution in [0.4, 0.5) is 0 Å². The van der Waals surface area contributed by atoms with E-state index in [1.54, 1.807) is 0 Å². The van der Waals surface area contributed by atoms with Gasteiger partial charge in [0, 0.05) is 29.2 Å². The average molecular weight is 255 g/mol. The molecule has 1 fully saturated rings. The standard InChI is InChI=1S/C14H13N3O2/c18-14-15-13(16-19-14)11-3-4-12-10(7-11)5-6-17(12)8-9-1-2-9/h3-7,9H,1-2,8H2,(H,15,16,18). The van der Waals surface area contributed by atoms with Crippen molar-refractivity contribution in [1.82, 2.24) is 14.7 Å². The summed E-state index contributed by atoms with van der Waals surface area (Å²) in [7, 11) is 0. The van der Waals surface area contributed by atoms with E-state index in [0.29, 0.717) is 5.82 Å². The fraction of sp³-hybridized carbons (Fsp3) is 0.286. The first-order valence-corrected chi connectivity index (χ1v) is 6.45. The van der Waals surface area contributed by atoms with Gasteiger partial charge in [0.2, 0.25) is 0 Å². The fourth-order valence-electron chi connectivity index (χ4n) is 2.44. The highest BCUT2D eigenvalue weighted by Gasteiger charge is 2.22. The van der Waals surface area contributed by atoms with Crippen molar-refractivity contribution in [1.29, 1.82) is 0 Å². The first-order valence-electron chi connectivity index (χ1n) is 6.45. The lowest BCUT2D eigenvalue weighted by Crippen LogP contribution is -1.97. The molecule has 1 N–H and O–H groups in total. The average Bonchev–Trinajstić information content (AvgIpc) is 2.98. The Balaban J connectivity index is 1.77. The van der Waals surface area contributed by atoms with Crippen LogP contribution in [-0.4, -0.2) is 14.7 Å². The van der Waals surface area contributed by atoms with Gasteiger partial charge in [0.15, 0.2) is 5.82 Å². The number of hydrogen-bond acceptors (Lipinski definition) is 3. The zero-order valence-corrected chi connectivity index (χ0v) is 10.3. The van der Waals surface area contributed by atoms with Crippen molar-refractivity contribution in [3.8, 4) is 11.4 Å². The zero-order chi connectivity index (χ0) is 12.8. The fourth-order valence-corrected chi connectivity index (χ4v) is 2.44. The predicted molar refractivity (Wildman–Crippen MR) is 70.8 cm³/mol. The smallest absolute Gasteiger partial charge is 0.347 e. The molecule has 1 aromatic carbocycles. The third kappa shape index (κ3) is 1.87. The van der Waals surface area contributed by atoms with E-state index < -0.39 is 5.76 Å². The number of aromatic nitrogens is 3. The van der Waals surface area contributed by atoms with Gasteiger partial charge in [0.25, 0.3) is 0 Å². The third-order valence-corrected chi connectivity index (χ3v) is 3.64. The van der Waals surface area contributed by atoms with E-state index in [-0.39, 0.29) is 0 Å². The van der Waals surface area contributed by atoms with Crippen LogP contribution in [-0.2, 0) is 6.54 Å². The van der Waals surface area contributed by atoms with E-state index in [4.69, 9.17) is 0 Å². The SMILES string of the molecule is O=c1[nH]c(-c2ccc3c(ccn3CC3CC3)c2)no1. The predicted octanol–water partition coefficient (Wildman–Crippen LogP) is 2.39. The molecule has 5 nitrogen and oxygen atoms in total. The maximum Gasteiger partial charge on any atom is 0.439 e. The summed E-state index contributed by atoms with van der Waals surface area (Å²) >= 11 is 0. The zero-order valence-electron chi connectivity index (χ0n) is 10.3. The number of rotatable bonds is 3. The van der Waals surface area contributed by atoms with Crippen LogP contribution in [0.2, 0.25) is 0 Å². The molecule has 0 radical (unpaired) electrons. The van der Waals surface area contributed by atoms with E-state index >= 15 is 0 Å². The highest BCUT2D eigenvalue weighted by molar-refractivity contribution is 5.84. The molecule has 1 saturated carbocycles. The summed E-state index contributed by atoms with van der Waals surface area (Å²) in [5.41, 5.74) is 2.09. The molecule has 0 spiro atoms. The molecule has 0 unspecified atom stereocenters. The van der Waals surface area contributed by atoms with Crippen LogP contribution in [0.3, 0.4) is 0 Å². The monoisotopic (exact) mass is 255 g/mol. The second-order valence-electron chi connectivity index (χ2n) is 5.13. The Hall–Kier alpha value is -2.30. The van der Waals surface area contributed by atoms with Gasteiger partial charge in [-0.3, -0.25) is 9.51 Å². The molecule has 1 aliphatic rings. The van der Waals surface area contributed by atoms with Crippen molar-refractivity contribution >= 4 is 10.9 Å². The first kappa shape index (κ1) is 10.6. The Labute approximate surface area is 108 Å². The molecule has 0 aliphatic heterocycles. The normalized spacial score (nSPS) is 15.2. The van der Waals surface area contributed by atoms with Gasteiger partial charge in [-0.2, -0.15) is 0 Å². The van der Waals surface area contributed by atoms with Gasteiger partial charge in [-0.1, -0.05) is 5.16 Å². The Kier molecular flexibility index (Phi) is 2.15. The molecule has 2 heterocycles. The highest BCUT2D eigenvalue weighted by Crippen LogP contribution is 2.32. The minimum Gasteiger partial charge on any atom is -0.347 e. The summed E-state index contributed by atoms with van der Waals surface area (Å²) in [6, 6.07) is 8.14. The van der Waals surface area contributed by atoms with Gasteiger partial charge in [0.1, 0.15) is 0 Å². The van der Waals surface area contributed by atoms with Crippen molar-refractivity contribution in [2.75, 3.05) is 0 Å². The van der Waals surface area contributed by atoms with Gasteiger partial charge in [-0.05, 0) is 43.0 Å². The van der Waals surface area contributed by atoms with Crippen molar-refractivity contribution < 1.29 is 4.52 Å². The maximum absolute atomic E-state index is 11.0. The summed E-state index contributed by atoms with van der Waals surface area (Å²) in [5.74, 6) is 0.797. The Morgan fingerprint density at radius 2 is 2.26 bits per heavy atom. The van der Waals surface area contributed by atoms with Crippen LogP contribution < -0.4 is 5.76 Å². The van der Waals surface area contributed by atoms with E-state index in [1.165, 1.54) is 18.4 Å². The summed E-state index contributed by atoms with van der Waals surface area (Å²) in [6.45, 7) is 1.10. The summed E-state index contributed by atoms with van der Waals surface area (Å²) in [5, 5.41) is 4.86. The largest absolute Gasteiger partial charge is 0.439 e. The minimum absolute atomic E-state index is 0.474. The molecule has 5 heteroatoms. The highest BCUT2D eigenvalue weighted by atomic mass is 16.5. The van der Waals surface area contributed by atoms with Crippen molar-refractivity contribution in [2.45, 2.75) is 19.4 Å². The molecule has 1 aliphatic carbocycles. The van der Waals surface area contributed by atoms with E-state index in [0.717, 1.165) is 23.4 Å². The second-order valence-corrected chi connectivity index (χ2v) is 5.13. The van der Waals surface area contributed by atoms with Gasteiger partial charge >= 0.3 is 5.76 Å². The van der Waals surface area contributed by atoms with Gasteiger partial charge in [0.05, 0.1) is 0 Å². The molecular weight excluding hydrogens is 242 g/mol. The second kappa shape index (κ2) is 3.85. The molecule has 0 atom stereocenters. The number of benzene rings is 1. The van der Waals surface area contributed by atoms with Crippen molar-refractivity contribution in [3.05, 3.63) is 41.0 Å². The lowest BCUT2D eigenvalue weighted by molar-refractivity contribution is 0.388. The number of nitrogens with one attached hydrogen (secondary N) is 1. The third-order valence-electron chi connectivity index (χ3n) is 3.64. The number of hydrogen-bond donors (Lipinski definition) is 1. The van der Waals surface area contributed by atoms with Crippen LogP contribution in [0, 0.1) is 5.92 Å². The van der Waals surface area contributed by atoms with Gasteiger partial charge in [-0.15, -0.1) is 0 Å². The van der Waals surface area contributed by atoms with Crippen LogP contribution in [0.15, 0.2) is 39.8 Å². The number of aromatic amines is 1. The number of nitrogens with zero attached hydrogens (tertiary/aromatic N) is 2. The van der Waals surface area contributed by atoms with Crippen LogP contribution in [0.5, 0.6) is 0 Å². The minimum atomic E-state index is -0.526. The molecule has 0 amide bonds. The summed E-state index contributed by atoms with van der Waals surface area (Å²) < 4.78 is 6.82. The summed E-state index contributed by atoms with van der Waals surface area (Å²) in [6.07, 6.45) is 4.81. The van der Waals surface area contributed by atoms with Crippen molar-refractivity contribution in [2.24, 2.45) is 5.92 Å². The molecule has 2 aromatic heterocycles. The quantitative estimate of drug-likeness (QED) is 0.781. The molecule has 19 heavy (non-hydrogen) atoms. The lowest BCUT2D eigenvalue weighted by Gasteiger charge is -2.04. The molecule has 3 aromatic rings. The Bertz CT molecular complexity index is 792. The number of H-pyrrole nitrogens is 1. The Morgan fingerprint density at radius 3 is 3.00 bits per heavy atom. The van der Waals surface area contributed by atoms with Gasteiger partial charge < -0.3 is 4.57 Å². The van der Waals surface area contributed by atoms with E-state index in [2.05, 4.69) is 37.6 Å². The Morgan fingerprint density at radius 1 is 1.37 bits per heavy atom. The molecule has 96 valence electrons. The van der Waals surface area contributed by atoms with Crippen LogP contribution in [0.1, 0.15) is 12.8 Å². The maximum atomic E-state index is 11.0. The molecule has 4 rings (SSSR count). The first-order chi connectivity index (χ1) is 9.29. The van der Waals surface area contributed by atoms with Crippen LogP contribution >= 0.6 is 0 Å². The topological polar surface area (TPSA) is 63.8 Å². The number of fused-ring (bicyclic) bond motifs is 1. The van der Waals surface area contributed by atoms with Crippen LogP contribution in [0.25, 0.3) is 22.3 Å². The molecule has 0 bridgehead atoms. The van der Waals surface area contributed by atoms with E-state index in [9.17, 15) is 4.79 Å². The molecule has 0 saturated heterocycles. The van der Waals surface area contributed by atoms with E-state index in [1.807, 2.05) is 12.1 Å². The summed E-state index contributed by atoms with van der Waals surface area (Å²) in [4.78, 5) is 13.5.